The van der Waals surface area contributed by atoms with E-state index in [0.717, 1.165) is 48.8 Å². The molecule has 2 aliphatic rings. The smallest absolute Gasteiger partial charge is 0.348 e. The van der Waals surface area contributed by atoms with Crippen molar-refractivity contribution in [1.29, 1.82) is 0 Å². The van der Waals surface area contributed by atoms with Crippen molar-refractivity contribution in [3.05, 3.63) is 42.7 Å². The van der Waals surface area contributed by atoms with Crippen LogP contribution in [-0.2, 0) is 9.47 Å². The molecule has 4 heterocycles. The van der Waals surface area contributed by atoms with Crippen LogP contribution in [-0.4, -0.2) is 76.2 Å². The molecule has 2 fully saturated rings. The summed E-state index contributed by atoms with van der Waals surface area (Å²) in [6, 6.07) is 5.68. The molecular formula is C24H33ClN2O4S2. The Kier molecular flexibility index (Phi) is 9.76. The largest absolute Gasteiger partial charge is 0.465 e. The van der Waals surface area contributed by atoms with E-state index in [1.165, 1.54) is 43.3 Å². The number of likely N-dealkylation sites (tertiary alicyclic amines) is 2. The molecule has 0 bridgehead atoms. The van der Waals surface area contributed by atoms with Crippen molar-refractivity contribution < 1.29 is 19.1 Å². The van der Waals surface area contributed by atoms with E-state index in [9.17, 15) is 9.59 Å². The summed E-state index contributed by atoms with van der Waals surface area (Å²) < 4.78 is 9.43. The van der Waals surface area contributed by atoms with Gasteiger partial charge in [0.05, 0.1) is 19.2 Å². The number of carbonyl (C=O) groups excluding carboxylic acids is 2. The number of nitrogens with zero attached hydrogens (tertiary/aromatic N) is 2. The Morgan fingerprint density at radius 3 is 1.91 bits per heavy atom. The van der Waals surface area contributed by atoms with Crippen LogP contribution in [0.1, 0.15) is 66.6 Å². The summed E-state index contributed by atoms with van der Waals surface area (Å²) in [5.74, 6) is 0.599. The molecule has 0 amide bonds. The zero-order valence-corrected chi connectivity index (χ0v) is 22.2. The highest BCUT2D eigenvalue weighted by Gasteiger charge is 2.24. The predicted octanol–water partition coefficient (Wildman–Crippen LogP) is 5.34. The third-order valence-electron chi connectivity index (χ3n) is 6.32. The van der Waals surface area contributed by atoms with Gasteiger partial charge in [-0.1, -0.05) is 11.6 Å². The van der Waals surface area contributed by atoms with E-state index in [2.05, 4.69) is 30.0 Å². The zero-order valence-electron chi connectivity index (χ0n) is 19.8. The number of halogens is 1. The van der Waals surface area contributed by atoms with Crippen molar-refractivity contribution in [2.24, 2.45) is 0 Å². The zero-order chi connectivity index (χ0) is 24.0. The van der Waals surface area contributed by atoms with E-state index in [4.69, 9.17) is 21.1 Å². The Hall–Kier alpha value is -1.45. The van der Waals surface area contributed by atoms with Crippen molar-refractivity contribution in [3.8, 4) is 0 Å². The van der Waals surface area contributed by atoms with Crippen LogP contribution in [0.25, 0.3) is 0 Å². The first-order valence-electron chi connectivity index (χ1n) is 11.2. The van der Waals surface area contributed by atoms with Gasteiger partial charge in [0.1, 0.15) is 9.75 Å². The number of esters is 2. The summed E-state index contributed by atoms with van der Waals surface area (Å²) >= 11 is 9.26. The molecule has 0 aromatic carbocycles. The van der Waals surface area contributed by atoms with Crippen molar-refractivity contribution >= 4 is 46.2 Å². The van der Waals surface area contributed by atoms with Crippen molar-refractivity contribution in [1.82, 2.24) is 9.80 Å². The second-order valence-electron chi connectivity index (χ2n) is 8.66. The van der Waals surface area contributed by atoms with Gasteiger partial charge in [0.2, 0.25) is 0 Å². The van der Waals surface area contributed by atoms with Gasteiger partial charge in [-0.25, -0.2) is 9.59 Å². The molecule has 9 heteroatoms. The average molecular weight is 513 g/mol. The molecule has 182 valence electrons. The van der Waals surface area contributed by atoms with Crippen LogP contribution < -0.4 is 0 Å². The molecule has 0 saturated carbocycles. The van der Waals surface area contributed by atoms with Crippen LogP contribution in [0.15, 0.2) is 18.2 Å². The Balaban J connectivity index is 0.000000186. The van der Waals surface area contributed by atoms with E-state index < -0.39 is 0 Å². The summed E-state index contributed by atoms with van der Waals surface area (Å²) in [6.07, 6.45) is 4.60. The fraction of sp³-hybridized carbons (Fsp3) is 0.583. The van der Waals surface area contributed by atoms with E-state index in [1.54, 1.807) is 17.4 Å². The maximum absolute atomic E-state index is 11.4. The topological polar surface area (TPSA) is 59.1 Å². The lowest BCUT2D eigenvalue weighted by atomic mass is 9.95. The minimum absolute atomic E-state index is 0.218. The molecule has 0 radical (unpaired) electrons. The quantitative estimate of drug-likeness (QED) is 0.515. The highest BCUT2D eigenvalue weighted by Crippen LogP contribution is 2.38. The molecule has 2 aromatic heterocycles. The molecule has 2 aromatic rings. The highest BCUT2D eigenvalue weighted by molar-refractivity contribution is 7.14. The van der Waals surface area contributed by atoms with Crippen LogP contribution in [0.3, 0.4) is 0 Å². The second-order valence-corrected chi connectivity index (χ2v) is 11.3. The van der Waals surface area contributed by atoms with E-state index in [1.807, 2.05) is 6.07 Å². The number of ether oxygens (including phenoxy) is 2. The monoisotopic (exact) mass is 512 g/mol. The first-order valence-corrected chi connectivity index (χ1v) is 13.3. The summed E-state index contributed by atoms with van der Waals surface area (Å²) in [5.41, 5.74) is 0. The van der Waals surface area contributed by atoms with Crippen LogP contribution in [0, 0.1) is 0 Å². The number of hydrogen-bond acceptors (Lipinski definition) is 8. The number of carbonyl (C=O) groups is 2. The average Bonchev–Trinajstić information content (AvgIpc) is 3.47. The van der Waals surface area contributed by atoms with Gasteiger partial charge in [0.15, 0.2) is 0 Å². The third kappa shape index (κ3) is 7.02. The van der Waals surface area contributed by atoms with Crippen molar-refractivity contribution in [2.45, 2.75) is 37.5 Å². The van der Waals surface area contributed by atoms with Gasteiger partial charge in [0, 0.05) is 9.75 Å². The molecule has 33 heavy (non-hydrogen) atoms. The van der Waals surface area contributed by atoms with Gasteiger partial charge in [-0.05, 0) is 96.0 Å². The first-order chi connectivity index (χ1) is 15.8. The predicted molar refractivity (Wildman–Crippen MR) is 135 cm³/mol. The molecule has 2 aliphatic heterocycles. The van der Waals surface area contributed by atoms with Gasteiger partial charge in [-0.2, -0.15) is 0 Å². The summed E-state index contributed by atoms with van der Waals surface area (Å²) in [6.45, 7) is 4.48. The fourth-order valence-electron chi connectivity index (χ4n) is 4.21. The normalized spacial score (nSPS) is 18.5. The van der Waals surface area contributed by atoms with Crippen LogP contribution in [0.5, 0.6) is 0 Å². The first kappa shape index (κ1) is 26.2. The van der Waals surface area contributed by atoms with Gasteiger partial charge in [-0.3, -0.25) is 0 Å². The van der Waals surface area contributed by atoms with Crippen molar-refractivity contribution in [2.75, 3.05) is 54.5 Å². The SMILES string of the molecule is COC(=O)c1cc(Cl)c(C2CCN(C)CC2)s1.COC(=O)c1ccc(C2CCN(C)CC2)s1. The summed E-state index contributed by atoms with van der Waals surface area (Å²) in [4.78, 5) is 31.2. The lowest BCUT2D eigenvalue weighted by molar-refractivity contribution is 0.0597. The second kappa shape index (κ2) is 12.3. The molecule has 6 nitrogen and oxygen atoms in total. The van der Waals surface area contributed by atoms with E-state index in [0.29, 0.717) is 21.7 Å². The molecule has 0 spiro atoms. The molecule has 4 rings (SSSR count). The molecule has 0 unspecified atom stereocenters. The number of rotatable bonds is 4. The number of hydrogen-bond donors (Lipinski definition) is 0. The minimum atomic E-state index is -0.295. The van der Waals surface area contributed by atoms with Crippen LogP contribution in [0.2, 0.25) is 5.02 Å². The lowest BCUT2D eigenvalue weighted by Gasteiger charge is -2.28. The fourth-order valence-corrected chi connectivity index (χ4v) is 6.89. The molecule has 0 aliphatic carbocycles. The van der Waals surface area contributed by atoms with Gasteiger partial charge < -0.3 is 19.3 Å². The van der Waals surface area contributed by atoms with E-state index >= 15 is 0 Å². The van der Waals surface area contributed by atoms with Crippen molar-refractivity contribution in [3.63, 3.8) is 0 Å². The highest BCUT2D eigenvalue weighted by atomic mass is 35.5. The third-order valence-corrected chi connectivity index (χ3v) is 9.25. The molecule has 0 N–H and O–H groups in total. The number of thiophene rings is 2. The molecule has 2 saturated heterocycles. The summed E-state index contributed by atoms with van der Waals surface area (Å²) in [5, 5.41) is 0.713. The molecule has 0 atom stereocenters. The Labute approximate surface area is 209 Å². The number of piperidine rings is 2. The van der Waals surface area contributed by atoms with Gasteiger partial charge in [0.25, 0.3) is 0 Å². The maximum atomic E-state index is 11.4. The molecular weight excluding hydrogens is 480 g/mol. The van der Waals surface area contributed by atoms with Crippen LogP contribution >= 0.6 is 34.3 Å². The standard InChI is InChI=1S/C12H16ClNO2S.C12H17NO2S/c1-14-5-3-8(4-6-14)11-9(13)7-10(17-11)12(15)16-2;1-13-7-5-9(6-8-13)10-3-4-11(16-10)12(14)15-2/h7-8H,3-6H2,1-2H3;3-4,9H,5-8H2,1-2H3. The Bertz CT molecular complexity index is 929. The lowest BCUT2D eigenvalue weighted by Crippen LogP contribution is -2.28. The number of methoxy groups -OCH3 is 2. The van der Waals surface area contributed by atoms with E-state index in [-0.39, 0.29) is 11.9 Å². The maximum Gasteiger partial charge on any atom is 0.348 e. The van der Waals surface area contributed by atoms with Crippen LogP contribution in [0.4, 0.5) is 0 Å². The minimum Gasteiger partial charge on any atom is -0.465 e. The Morgan fingerprint density at radius 1 is 0.848 bits per heavy atom. The summed E-state index contributed by atoms with van der Waals surface area (Å²) in [7, 11) is 7.11. The van der Waals surface area contributed by atoms with Gasteiger partial charge in [-0.15, -0.1) is 22.7 Å². The van der Waals surface area contributed by atoms with Gasteiger partial charge >= 0.3 is 11.9 Å². The Morgan fingerprint density at radius 2 is 1.36 bits per heavy atom.